The van der Waals surface area contributed by atoms with Gasteiger partial charge < -0.3 is 10.6 Å². The van der Waals surface area contributed by atoms with Crippen molar-refractivity contribution in [2.45, 2.75) is 38.8 Å². The van der Waals surface area contributed by atoms with Gasteiger partial charge in [-0.1, -0.05) is 43.3 Å². The van der Waals surface area contributed by atoms with Crippen molar-refractivity contribution in [3.05, 3.63) is 48.0 Å². The summed E-state index contributed by atoms with van der Waals surface area (Å²) in [6.07, 6.45) is 2.22. The molecule has 2 atom stereocenters. The molecule has 3 rings (SSSR count). The number of carbonyl (C=O) groups excluding carboxylic acids is 1. The zero-order valence-corrected chi connectivity index (χ0v) is 14.6. The van der Waals surface area contributed by atoms with Crippen molar-refractivity contribution in [1.29, 1.82) is 0 Å². The van der Waals surface area contributed by atoms with E-state index in [2.05, 4.69) is 48.2 Å². The van der Waals surface area contributed by atoms with Gasteiger partial charge in [-0.25, -0.2) is 0 Å². The summed E-state index contributed by atoms with van der Waals surface area (Å²) >= 11 is 0. The van der Waals surface area contributed by atoms with Crippen molar-refractivity contribution in [1.82, 2.24) is 4.90 Å². The highest BCUT2D eigenvalue weighted by Gasteiger charge is 2.37. The van der Waals surface area contributed by atoms with Crippen LogP contribution in [0.15, 0.2) is 42.5 Å². The predicted molar refractivity (Wildman–Crippen MR) is 97.7 cm³/mol. The number of rotatable bonds is 5. The number of carbonyl (C=O) groups is 1. The van der Waals surface area contributed by atoms with E-state index >= 15 is 0 Å². The number of benzene rings is 2. The molecule has 2 aromatic carbocycles. The molecule has 1 saturated carbocycles. The third-order valence-corrected chi connectivity index (χ3v) is 4.64. The second kappa shape index (κ2) is 7.33. The topological polar surface area (TPSA) is 46.3 Å². The Morgan fingerprint density at radius 3 is 2.43 bits per heavy atom. The van der Waals surface area contributed by atoms with Crippen LogP contribution >= 0.6 is 12.4 Å². The van der Waals surface area contributed by atoms with Crippen molar-refractivity contribution in [3.8, 4) is 0 Å². The van der Waals surface area contributed by atoms with E-state index in [4.69, 9.17) is 5.73 Å². The molecule has 0 bridgehead atoms. The Morgan fingerprint density at radius 2 is 1.83 bits per heavy atom. The second-order valence-electron chi connectivity index (χ2n) is 6.40. The van der Waals surface area contributed by atoms with E-state index in [1.54, 1.807) is 0 Å². The van der Waals surface area contributed by atoms with E-state index in [-0.39, 0.29) is 30.3 Å². The Kier molecular flexibility index (Phi) is 5.66. The van der Waals surface area contributed by atoms with E-state index in [1.807, 2.05) is 13.0 Å². The maximum Gasteiger partial charge on any atom is 0.227 e. The molecule has 4 heteroatoms. The third kappa shape index (κ3) is 3.67. The normalized spacial score (nSPS) is 16.5. The quantitative estimate of drug-likeness (QED) is 0.902. The zero-order valence-electron chi connectivity index (χ0n) is 13.7. The molecule has 0 aromatic heterocycles. The van der Waals surface area contributed by atoms with Gasteiger partial charge in [-0.05, 0) is 42.2 Å². The van der Waals surface area contributed by atoms with Crippen molar-refractivity contribution in [2.24, 2.45) is 11.7 Å². The van der Waals surface area contributed by atoms with Gasteiger partial charge in [0.1, 0.15) is 0 Å². The van der Waals surface area contributed by atoms with Crippen LogP contribution in [0.4, 0.5) is 0 Å². The number of nitrogens with zero attached hydrogens (tertiary/aromatic N) is 1. The number of halogens is 1. The van der Waals surface area contributed by atoms with E-state index in [9.17, 15) is 4.79 Å². The summed E-state index contributed by atoms with van der Waals surface area (Å²) in [5, 5.41) is 2.46. The lowest BCUT2D eigenvalue weighted by atomic mass is 10.00. The molecule has 23 heavy (non-hydrogen) atoms. The lowest BCUT2D eigenvalue weighted by Crippen LogP contribution is -2.41. The van der Waals surface area contributed by atoms with Crippen LogP contribution < -0.4 is 5.73 Å². The molecule has 2 unspecified atom stereocenters. The van der Waals surface area contributed by atoms with Crippen LogP contribution in [0.2, 0.25) is 0 Å². The minimum Gasteiger partial charge on any atom is -0.333 e. The molecular formula is C19H25ClN2O. The molecular weight excluding hydrogens is 308 g/mol. The molecule has 0 saturated heterocycles. The summed E-state index contributed by atoms with van der Waals surface area (Å²) in [4.78, 5) is 14.7. The largest absolute Gasteiger partial charge is 0.333 e. The SMILES string of the molecule is CC(CN)C(=O)N(C1CC1)C(C)c1ccc2ccccc2c1.Cl. The van der Waals surface area contributed by atoms with E-state index in [1.165, 1.54) is 16.3 Å². The summed E-state index contributed by atoms with van der Waals surface area (Å²) < 4.78 is 0. The first kappa shape index (κ1) is 17.8. The van der Waals surface area contributed by atoms with Crippen molar-refractivity contribution < 1.29 is 4.79 Å². The maximum absolute atomic E-state index is 12.7. The highest BCUT2D eigenvalue weighted by atomic mass is 35.5. The minimum atomic E-state index is -0.108. The zero-order chi connectivity index (χ0) is 15.7. The van der Waals surface area contributed by atoms with E-state index < -0.39 is 0 Å². The second-order valence-corrected chi connectivity index (χ2v) is 6.40. The number of hydrogen-bond donors (Lipinski definition) is 1. The molecule has 0 heterocycles. The Balaban J connectivity index is 0.00000192. The predicted octanol–water partition coefficient (Wildman–Crippen LogP) is 3.91. The fourth-order valence-corrected chi connectivity index (χ4v) is 3.02. The molecule has 0 spiro atoms. The van der Waals surface area contributed by atoms with Gasteiger partial charge in [0.15, 0.2) is 0 Å². The fraction of sp³-hybridized carbons (Fsp3) is 0.421. The van der Waals surface area contributed by atoms with Crippen LogP contribution in [0.3, 0.4) is 0 Å². The molecule has 1 fully saturated rings. The molecule has 2 N–H and O–H groups in total. The molecule has 3 nitrogen and oxygen atoms in total. The lowest BCUT2D eigenvalue weighted by Gasteiger charge is -2.32. The van der Waals surface area contributed by atoms with Gasteiger partial charge in [0.25, 0.3) is 0 Å². The number of fused-ring (bicyclic) bond motifs is 1. The average Bonchev–Trinajstić information content (AvgIpc) is 3.38. The Hall–Kier alpha value is -1.58. The summed E-state index contributed by atoms with van der Waals surface area (Å²) in [6, 6.07) is 15.3. The van der Waals surface area contributed by atoms with Gasteiger partial charge in [0.05, 0.1) is 6.04 Å². The van der Waals surface area contributed by atoms with Crippen molar-refractivity contribution >= 4 is 29.1 Å². The average molecular weight is 333 g/mol. The van der Waals surface area contributed by atoms with Gasteiger partial charge in [-0.3, -0.25) is 4.79 Å². The first-order valence-electron chi connectivity index (χ1n) is 8.12. The number of hydrogen-bond acceptors (Lipinski definition) is 2. The van der Waals surface area contributed by atoms with Gasteiger partial charge >= 0.3 is 0 Å². The van der Waals surface area contributed by atoms with Crippen LogP contribution in [-0.4, -0.2) is 23.4 Å². The van der Waals surface area contributed by atoms with Crippen LogP contribution in [0.25, 0.3) is 10.8 Å². The van der Waals surface area contributed by atoms with Gasteiger partial charge in [0, 0.05) is 18.5 Å². The highest BCUT2D eigenvalue weighted by molar-refractivity contribution is 5.85. The van der Waals surface area contributed by atoms with Crippen LogP contribution in [0, 0.1) is 5.92 Å². The first-order valence-corrected chi connectivity index (χ1v) is 8.12. The van der Waals surface area contributed by atoms with Gasteiger partial charge in [0.2, 0.25) is 5.91 Å². The van der Waals surface area contributed by atoms with Crippen LogP contribution in [0.1, 0.15) is 38.3 Å². The Morgan fingerprint density at radius 1 is 1.17 bits per heavy atom. The monoisotopic (exact) mass is 332 g/mol. The molecule has 0 radical (unpaired) electrons. The van der Waals surface area contributed by atoms with Crippen molar-refractivity contribution in [2.75, 3.05) is 6.54 Å². The maximum atomic E-state index is 12.7. The minimum absolute atomic E-state index is 0. The summed E-state index contributed by atoms with van der Waals surface area (Å²) in [7, 11) is 0. The molecule has 1 amide bonds. The molecule has 124 valence electrons. The smallest absolute Gasteiger partial charge is 0.227 e. The van der Waals surface area contributed by atoms with Crippen molar-refractivity contribution in [3.63, 3.8) is 0 Å². The summed E-state index contributed by atoms with van der Waals surface area (Å²) in [5.74, 6) is 0.0779. The molecule has 1 aliphatic carbocycles. The van der Waals surface area contributed by atoms with E-state index in [0.29, 0.717) is 12.6 Å². The summed E-state index contributed by atoms with van der Waals surface area (Å²) in [5.41, 5.74) is 6.89. The molecule has 1 aliphatic rings. The van der Waals surface area contributed by atoms with Crippen LogP contribution in [0.5, 0.6) is 0 Å². The Bertz CT molecular complexity index is 684. The Labute approximate surface area is 144 Å². The lowest BCUT2D eigenvalue weighted by molar-refractivity contribution is -0.137. The highest BCUT2D eigenvalue weighted by Crippen LogP contribution is 2.36. The van der Waals surface area contributed by atoms with E-state index in [0.717, 1.165) is 12.8 Å². The van der Waals surface area contributed by atoms with Crippen LogP contribution in [-0.2, 0) is 4.79 Å². The number of nitrogens with two attached hydrogens (primary N) is 1. The molecule has 2 aromatic rings. The summed E-state index contributed by atoms with van der Waals surface area (Å²) in [6.45, 7) is 4.46. The molecule has 0 aliphatic heterocycles. The standard InChI is InChI=1S/C19H24N2O.ClH/c1-13(12-20)19(22)21(18-9-10-18)14(2)16-8-7-15-5-3-4-6-17(15)11-16;/h3-8,11,13-14,18H,9-10,12,20H2,1-2H3;1H. The fourth-order valence-electron chi connectivity index (χ4n) is 3.02. The van der Waals surface area contributed by atoms with Gasteiger partial charge in [-0.2, -0.15) is 0 Å². The van der Waals surface area contributed by atoms with Gasteiger partial charge in [-0.15, -0.1) is 12.4 Å². The number of amides is 1. The third-order valence-electron chi connectivity index (χ3n) is 4.64. The first-order chi connectivity index (χ1) is 10.6.